The Balaban J connectivity index is 2.15. The summed E-state index contributed by atoms with van der Waals surface area (Å²) in [5, 5.41) is 12.7. The number of hydrogen-bond acceptors (Lipinski definition) is 4. The van der Waals surface area contributed by atoms with E-state index in [1.807, 2.05) is 0 Å². The minimum Gasteiger partial charge on any atom is -0.480 e. The van der Waals surface area contributed by atoms with Crippen LogP contribution in [-0.2, 0) is 9.53 Å². The van der Waals surface area contributed by atoms with Crippen LogP contribution in [0.15, 0.2) is 0 Å². The first-order chi connectivity index (χ1) is 8.42. The monoisotopic (exact) mass is 256 g/mol. The molecule has 18 heavy (non-hydrogen) atoms. The van der Waals surface area contributed by atoms with E-state index >= 15 is 0 Å². The fourth-order valence-electron chi connectivity index (χ4n) is 2.82. The van der Waals surface area contributed by atoms with Gasteiger partial charge in [0, 0.05) is 18.6 Å². The van der Waals surface area contributed by atoms with Gasteiger partial charge >= 0.3 is 5.97 Å². The third-order valence-corrected chi connectivity index (χ3v) is 4.36. The van der Waals surface area contributed by atoms with Gasteiger partial charge in [-0.3, -0.25) is 9.69 Å². The topological polar surface area (TPSA) is 61.8 Å². The minimum absolute atomic E-state index is 0.0926. The zero-order chi connectivity index (χ0) is 13.4. The Morgan fingerprint density at radius 2 is 2.22 bits per heavy atom. The first-order valence-corrected chi connectivity index (χ1v) is 6.67. The molecule has 2 N–H and O–H groups in total. The van der Waals surface area contributed by atoms with Crippen LogP contribution in [0.1, 0.15) is 26.7 Å². The highest BCUT2D eigenvalue weighted by Crippen LogP contribution is 2.41. The van der Waals surface area contributed by atoms with E-state index in [1.54, 1.807) is 7.05 Å². The van der Waals surface area contributed by atoms with Crippen molar-refractivity contribution >= 4 is 5.97 Å². The molecule has 5 nitrogen and oxygen atoms in total. The number of hydrogen-bond donors (Lipinski definition) is 2. The van der Waals surface area contributed by atoms with Gasteiger partial charge in [-0.2, -0.15) is 0 Å². The van der Waals surface area contributed by atoms with E-state index < -0.39 is 11.5 Å². The van der Waals surface area contributed by atoms with Gasteiger partial charge in [0.1, 0.15) is 5.54 Å². The van der Waals surface area contributed by atoms with Crippen LogP contribution in [0, 0.1) is 5.92 Å². The number of ether oxygens (including phenoxy) is 1. The molecule has 1 aliphatic heterocycles. The quantitative estimate of drug-likeness (QED) is 0.752. The van der Waals surface area contributed by atoms with E-state index in [-0.39, 0.29) is 11.5 Å². The predicted molar refractivity (Wildman–Crippen MR) is 68.6 cm³/mol. The van der Waals surface area contributed by atoms with Crippen molar-refractivity contribution in [2.75, 3.05) is 33.4 Å². The molecule has 2 aliphatic rings. The molecule has 0 bridgehead atoms. The summed E-state index contributed by atoms with van der Waals surface area (Å²) in [7, 11) is 1.76. The molecule has 0 aromatic rings. The van der Waals surface area contributed by atoms with Crippen molar-refractivity contribution < 1.29 is 14.6 Å². The lowest BCUT2D eigenvalue weighted by molar-refractivity contribution is -0.149. The average Bonchev–Trinajstić information content (AvgIpc) is 3.11. The molecule has 0 aromatic heterocycles. The maximum atomic E-state index is 11.7. The van der Waals surface area contributed by atoms with E-state index in [4.69, 9.17) is 4.74 Å². The zero-order valence-electron chi connectivity index (χ0n) is 11.5. The second kappa shape index (κ2) is 4.79. The van der Waals surface area contributed by atoms with Crippen LogP contribution in [-0.4, -0.2) is 60.4 Å². The lowest BCUT2D eigenvalue weighted by Gasteiger charge is -2.46. The lowest BCUT2D eigenvalue weighted by Crippen LogP contribution is -2.65. The normalized spacial score (nSPS) is 27.7. The zero-order valence-corrected chi connectivity index (χ0v) is 11.5. The molecule has 1 atom stereocenters. The predicted octanol–water partition coefficient (Wildman–Crippen LogP) is 0.550. The fourth-order valence-corrected chi connectivity index (χ4v) is 2.82. The second-order valence-corrected chi connectivity index (χ2v) is 6.09. The van der Waals surface area contributed by atoms with Gasteiger partial charge in [0.2, 0.25) is 0 Å². The Kier molecular flexibility index (Phi) is 3.67. The van der Waals surface area contributed by atoms with Gasteiger partial charge in [0.05, 0.1) is 13.2 Å². The number of carboxylic acids is 1. The van der Waals surface area contributed by atoms with Gasteiger partial charge in [-0.25, -0.2) is 0 Å². The van der Waals surface area contributed by atoms with Crippen molar-refractivity contribution in [2.24, 2.45) is 5.92 Å². The Morgan fingerprint density at radius 1 is 1.56 bits per heavy atom. The number of carbonyl (C=O) groups is 1. The van der Waals surface area contributed by atoms with Crippen LogP contribution in [0.2, 0.25) is 0 Å². The summed E-state index contributed by atoms with van der Waals surface area (Å²) < 4.78 is 5.49. The minimum atomic E-state index is -0.797. The summed E-state index contributed by atoms with van der Waals surface area (Å²) in [5.41, 5.74) is -0.890. The highest BCUT2D eigenvalue weighted by molar-refractivity contribution is 5.80. The maximum absolute atomic E-state index is 11.7. The maximum Gasteiger partial charge on any atom is 0.325 e. The number of rotatable bonds is 5. The molecule has 1 saturated heterocycles. The molecule has 2 rings (SSSR count). The van der Waals surface area contributed by atoms with Crippen molar-refractivity contribution in [1.82, 2.24) is 10.2 Å². The second-order valence-electron chi connectivity index (χ2n) is 6.09. The summed E-state index contributed by atoms with van der Waals surface area (Å²) >= 11 is 0. The van der Waals surface area contributed by atoms with Gasteiger partial charge < -0.3 is 15.2 Å². The molecule has 1 unspecified atom stereocenters. The fraction of sp³-hybridized carbons (Fsp3) is 0.923. The van der Waals surface area contributed by atoms with E-state index in [0.717, 1.165) is 19.4 Å². The average molecular weight is 256 g/mol. The molecule has 0 aromatic carbocycles. The lowest BCUT2D eigenvalue weighted by atomic mass is 9.90. The Morgan fingerprint density at radius 3 is 2.67 bits per heavy atom. The van der Waals surface area contributed by atoms with Crippen molar-refractivity contribution in [3.05, 3.63) is 0 Å². The molecule has 0 spiro atoms. The smallest absolute Gasteiger partial charge is 0.325 e. The molecule has 0 amide bonds. The van der Waals surface area contributed by atoms with Gasteiger partial charge in [-0.1, -0.05) is 0 Å². The molecular weight excluding hydrogens is 232 g/mol. The Labute approximate surface area is 108 Å². The van der Waals surface area contributed by atoms with E-state index in [0.29, 0.717) is 19.8 Å². The van der Waals surface area contributed by atoms with Gasteiger partial charge in [-0.15, -0.1) is 0 Å². The molecule has 1 saturated carbocycles. The molecule has 5 heteroatoms. The molecule has 2 fully saturated rings. The molecule has 1 aliphatic carbocycles. The first kappa shape index (κ1) is 13.8. The number of nitrogens with one attached hydrogen (secondary N) is 1. The summed E-state index contributed by atoms with van der Waals surface area (Å²) in [6.07, 6.45) is 2.02. The van der Waals surface area contributed by atoms with Crippen LogP contribution < -0.4 is 5.32 Å². The number of likely N-dealkylation sites (N-methyl/N-ethyl adjacent to an activating group) is 1. The molecule has 104 valence electrons. The summed E-state index contributed by atoms with van der Waals surface area (Å²) in [5.74, 6) is -0.464. The van der Waals surface area contributed by atoms with Gasteiger partial charge in [-0.05, 0) is 39.7 Å². The van der Waals surface area contributed by atoms with Gasteiger partial charge in [0.15, 0.2) is 0 Å². The third-order valence-electron chi connectivity index (χ3n) is 4.36. The summed E-state index contributed by atoms with van der Waals surface area (Å²) in [6, 6.07) is 0. The SMILES string of the molecule is CNC(CN1CCOCC1(C)C)(C(=O)O)C1CC1. The standard InChI is InChI=1S/C13H24N2O3/c1-12(2)9-18-7-6-15(12)8-13(14-3,11(16)17)10-4-5-10/h10,14H,4-9H2,1-3H3,(H,16,17). The first-order valence-electron chi connectivity index (χ1n) is 6.67. The number of aliphatic carboxylic acids is 1. The Bertz CT molecular complexity index is 328. The van der Waals surface area contributed by atoms with Crippen molar-refractivity contribution in [2.45, 2.75) is 37.8 Å². The van der Waals surface area contributed by atoms with Crippen LogP contribution in [0.3, 0.4) is 0 Å². The van der Waals surface area contributed by atoms with Gasteiger partial charge in [0.25, 0.3) is 0 Å². The highest BCUT2D eigenvalue weighted by Gasteiger charge is 2.52. The van der Waals surface area contributed by atoms with E-state index in [9.17, 15) is 9.90 Å². The largest absolute Gasteiger partial charge is 0.480 e. The van der Waals surface area contributed by atoms with E-state index in [2.05, 4.69) is 24.1 Å². The summed E-state index contributed by atoms with van der Waals surface area (Å²) in [6.45, 7) is 6.93. The highest BCUT2D eigenvalue weighted by atomic mass is 16.5. The third kappa shape index (κ3) is 2.39. The number of nitrogens with zero attached hydrogens (tertiary/aromatic N) is 1. The molecular formula is C13H24N2O3. The summed E-state index contributed by atoms with van der Waals surface area (Å²) in [4.78, 5) is 13.9. The van der Waals surface area contributed by atoms with Crippen LogP contribution >= 0.6 is 0 Å². The van der Waals surface area contributed by atoms with Crippen molar-refractivity contribution in [3.8, 4) is 0 Å². The number of morpholine rings is 1. The van der Waals surface area contributed by atoms with Crippen LogP contribution in [0.4, 0.5) is 0 Å². The molecule has 1 heterocycles. The Hall–Kier alpha value is -0.650. The van der Waals surface area contributed by atoms with Crippen LogP contribution in [0.25, 0.3) is 0 Å². The molecule has 0 radical (unpaired) electrons. The number of carboxylic acid groups (broad SMARTS) is 1. The van der Waals surface area contributed by atoms with Crippen molar-refractivity contribution in [3.63, 3.8) is 0 Å². The van der Waals surface area contributed by atoms with Crippen molar-refractivity contribution in [1.29, 1.82) is 0 Å². The van der Waals surface area contributed by atoms with Crippen LogP contribution in [0.5, 0.6) is 0 Å². The van der Waals surface area contributed by atoms with E-state index in [1.165, 1.54) is 0 Å².